The number of amides is 1. The fourth-order valence-corrected chi connectivity index (χ4v) is 4.24. The van der Waals surface area contributed by atoms with Gasteiger partial charge >= 0.3 is 0 Å². The molecule has 2 heterocycles. The normalized spacial score (nSPS) is 20.5. The molecule has 2 aliphatic heterocycles. The molecule has 1 atom stereocenters. The molecule has 1 N–H and O–H groups in total. The third-order valence-electron chi connectivity index (χ3n) is 6.06. The van der Waals surface area contributed by atoms with E-state index in [1.165, 1.54) is 36.3 Å². The lowest BCUT2D eigenvalue weighted by molar-refractivity contribution is -0.384. The number of hydrogen-bond acceptors (Lipinski definition) is 8. The maximum Gasteiger partial charge on any atom is 0.295 e. The first-order chi connectivity index (χ1) is 16.4. The summed E-state index contributed by atoms with van der Waals surface area (Å²) in [7, 11) is 1.49. The summed E-state index contributed by atoms with van der Waals surface area (Å²) in [6.07, 6.45) is 0. The number of nitro benzene ring substituents is 1. The number of morpholine rings is 1. The SMILES string of the molecule is COc1cccc(C(O)=C2C(=O)C(=O)N(CCN3CCOCC3)C2c2ccc([N+](=O)[O-])cc2)c1. The largest absolute Gasteiger partial charge is 0.507 e. The van der Waals surface area contributed by atoms with Gasteiger partial charge in [0.15, 0.2) is 0 Å². The Morgan fingerprint density at radius 3 is 2.50 bits per heavy atom. The zero-order chi connectivity index (χ0) is 24.2. The van der Waals surface area contributed by atoms with Gasteiger partial charge in [0.2, 0.25) is 0 Å². The summed E-state index contributed by atoms with van der Waals surface area (Å²) in [4.78, 5) is 40.3. The smallest absolute Gasteiger partial charge is 0.295 e. The molecule has 2 aromatic carbocycles. The number of non-ortho nitro benzene ring substituents is 1. The monoisotopic (exact) mass is 467 g/mol. The van der Waals surface area contributed by atoms with Crippen LogP contribution in [0.15, 0.2) is 54.1 Å². The molecule has 1 unspecified atom stereocenters. The number of rotatable bonds is 7. The van der Waals surface area contributed by atoms with E-state index in [9.17, 15) is 24.8 Å². The van der Waals surface area contributed by atoms with Gasteiger partial charge in [-0.25, -0.2) is 0 Å². The molecule has 0 saturated carbocycles. The third-order valence-corrected chi connectivity index (χ3v) is 6.06. The number of ketones is 1. The highest BCUT2D eigenvalue weighted by atomic mass is 16.6. The minimum absolute atomic E-state index is 0.0610. The summed E-state index contributed by atoms with van der Waals surface area (Å²) in [5, 5.41) is 22.2. The van der Waals surface area contributed by atoms with E-state index in [1.54, 1.807) is 24.3 Å². The van der Waals surface area contributed by atoms with Crippen LogP contribution in [0.4, 0.5) is 5.69 Å². The maximum absolute atomic E-state index is 13.1. The minimum atomic E-state index is -0.881. The van der Waals surface area contributed by atoms with Crippen molar-refractivity contribution in [1.29, 1.82) is 0 Å². The molecule has 0 spiro atoms. The number of likely N-dealkylation sites (tertiary alicyclic amines) is 1. The summed E-state index contributed by atoms with van der Waals surface area (Å²) in [5.41, 5.74) is 0.657. The molecule has 0 aromatic heterocycles. The molecule has 0 aliphatic carbocycles. The van der Waals surface area contributed by atoms with Gasteiger partial charge in [0.05, 0.1) is 36.9 Å². The number of methoxy groups -OCH3 is 1. The zero-order valence-corrected chi connectivity index (χ0v) is 18.7. The van der Waals surface area contributed by atoms with E-state index in [-0.39, 0.29) is 23.6 Å². The van der Waals surface area contributed by atoms with Crippen LogP contribution in [-0.2, 0) is 14.3 Å². The van der Waals surface area contributed by atoms with Gasteiger partial charge in [-0.3, -0.25) is 24.6 Å². The molecule has 0 bridgehead atoms. The van der Waals surface area contributed by atoms with Gasteiger partial charge in [-0.15, -0.1) is 0 Å². The van der Waals surface area contributed by atoms with Gasteiger partial charge < -0.3 is 19.5 Å². The summed E-state index contributed by atoms with van der Waals surface area (Å²) in [6, 6.07) is 11.3. The second kappa shape index (κ2) is 10.0. The quantitative estimate of drug-likeness (QED) is 0.217. The van der Waals surface area contributed by atoms with Gasteiger partial charge in [-0.05, 0) is 29.8 Å². The number of aliphatic hydroxyl groups excluding tert-OH is 1. The molecule has 2 aromatic rings. The number of ether oxygens (including phenoxy) is 2. The van der Waals surface area contributed by atoms with E-state index in [4.69, 9.17) is 9.47 Å². The van der Waals surface area contributed by atoms with Gasteiger partial charge in [0.1, 0.15) is 11.5 Å². The Morgan fingerprint density at radius 2 is 1.85 bits per heavy atom. The lowest BCUT2D eigenvalue weighted by Gasteiger charge is -2.31. The minimum Gasteiger partial charge on any atom is -0.507 e. The van der Waals surface area contributed by atoms with Crippen molar-refractivity contribution in [3.8, 4) is 5.75 Å². The Morgan fingerprint density at radius 1 is 1.15 bits per heavy atom. The second-order valence-corrected chi connectivity index (χ2v) is 8.03. The predicted octanol–water partition coefficient (Wildman–Crippen LogP) is 2.36. The van der Waals surface area contributed by atoms with Crippen molar-refractivity contribution in [2.45, 2.75) is 6.04 Å². The van der Waals surface area contributed by atoms with Crippen LogP contribution in [0.3, 0.4) is 0 Å². The second-order valence-electron chi connectivity index (χ2n) is 8.03. The van der Waals surface area contributed by atoms with Crippen molar-refractivity contribution in [3.63, 3.8) is 0 Å². The van der Waals surface area contributed by atoms with E-state index in [0.29, 0.717) is 36.6 Å². The molecule has 4 rings (SSSR count). The lowest BCUT2D eigenvalue weighted by Crippen LogP contribution is -2.42. The molecule has 10 nitrogen and oxygen atoms in total. The van der Waals surface area contributed by atoms with Crippen molar-refractivity contribution in [2.75, 3.05) is 46.5 Å². The first-order valence-corrected chi connectivity index (χ1v) is 10.9. The maximum atomic E-state index is 13.1. The first-order valence-electron chi connectivity index (χ1n) is 10.9. The number of carbonyl (C=O) groups excluding carboxylic acids is 2. The van der Waals surface area contributed by atoms with Crippen molar-refractivity contribution in [3.05, 3.63) is 75.3 Å². The van der Waals surface area contributed by atoms with Gasteiger partial charge in [-0.1, -0.05) is 12.1 Å². The van der Waals surface area contributed by atoms with Crippen LogP contribution in [0.25, 0.3) is 5.76 Å². The number of nitrogens with zero attached hydrogens (tertiary/aromatic N) is 3. The van der Waals surface area contributed by atoms with Crippen LogP contribution < -0.4 is 4.74 Å². The van der Waals surface area contributed by atoms with Crippen LogP contribution >= 0.6 is 0 Å². The van der Waals surface area contributed by atoms with Crippen LogP contribution in [0.5, 0.6) is 5.75 Å². The van der Waals surface area contributed by atoms with Crippen molar-refractivity contribution in [1.82, 2.24) is 9.80 Å². The molecular weight excluding hydrogens is 442 g/mol. The Labute approximate surface area is 196 Å². The number of Topliss-reactive ketones (excluding diaryl/α,β-unsaturated/α-hetero) is 1. The fraction of sp³-hybridized carbons (Fsp3) is 0.333. The Hall–Kier alpha value is -3.76. The molecule has 2 fully saturated rings. The van der Waals surface area contributed by atoms with Crippen LogP contribution in [-0.4, -0.2) is 78.0 Å². The summed E-state index contributed by atoms with van der Waals surface area (Å²) in [5.74, 6) is -1.36. The highest BCUT2D eigenvalue weighted by Gasteiger charge is 2.46. The topological polar surface area (TPSA) is 122 Å². The summed E-state index contributed by atoms with van der Waals surface area (Å²) in [6.45, 7) is 3.41. The fourth-order valence-electron chi connectivity index (χ4n) is 4.24. The van der Waals surface area contributed by atoms with E-state index in [2.05, 4.69) is 4.90 Å². The first kappa shape index (κ1) is 23.4. The van der Waals surface area contributed by atoms with Crippen molar-refractivity contribution >= 4 is 23.1 Å². The van der Waals surface area contributed by atoms with E-state index in [0.717, 1.165) is 13.1 Å². The van der Waals surface area contributed by atoms with E-state index in [1.807, 2.05) is 0 Å². The summed E-state index contributed by atoms with van der Waals surface area (Å²) < 4.78 is 10.6. The lowest BCUT2D eigenvalue weighted by atomic mass is 9.95. The number of aliphatic hydroxyl groups is 1. The third kappa shape index (κ3) is 4.63. The Balaban J connectivity index is 1.75. The van der Waals surface area contributed by atoms with Crippen LogP contribution in [0.2, 0.25) is 0 Å². The summed E-state index contributed by atoms with van der Waals surface area (Å²) >= 11 is 0. The standard InChI is InChI=1S/C24H25N3O7/c1-33-19-4-2-3-17(15-19)22(28)20-21(16-5-7-18(8-6-16)27(31)32)26(24(30)23(20)29)10-9-25-11-13-34-14-12-25/h2-8,15,21,28H,9-14H2,1H3. The predicted molar refractivity (Wildman–Crippen MR) is 122 cm³/mol. The number of carbonyl (C=O) groups is 2. The molecule has 178 valence electrons. The molecule has 34 heavy (non-hydrogen) atoms. The van der Waals surface area contributed by atoms with Gasteiger partial charge in [-0.2, -0.15) is 0 Å². The van der Waals surface area contributed by atoms with Crippen molar-refractivity contribution in [2.24, 2.45) is 0 Å². The van der Waals surface area contributed by atoms with Crippen molar-refractivity contribution < 1.29 is 29.1 Å². The zero-order valence-electron chi connectivity index (χ0n) is 18.7. The average Bonchev–Trinajstić information content (AvgIpc) is 3.12. The highest BCUT2D eigenvalue weighted by molar-refractivity contribution is 6.46. The molecule has 2 aliphatic rings. The van der Waals surface area contributed by atoms with Gasteiger partial charge in [0, 0.05) is 43.9 Å². The van der Waals surface area contributed by atoms with Crippen LogP contribution in [0.1, 0.15) is 17.2 Å². The molecule has 2 saturated heterocycles. The average molecular weight is 467 g/mol. The van der Waals surface area contributed by atoms with Crippen LogP contribution in [0, 0.1) is 10.1 Å². The Kier molecular flexibility index (Phi) is 6.90. The van der Waals surface area contributed by atoms with E-state index < -0.39 is 22.7 Å². The number of nitro groups is 1. The highest BCUT2D eigenvalue weighted by Crippen LogP contribution is 2.40. The molecule has 1 amide bonds. The number of hydrogen-bond donors (Lipinski definition) is 1. The Bertz CT molecular complexity index is 1120. The molecular formula is C24H25N3O7. The van der Waals surface area contributed by atoms with E-state index >= 15 is 0 Å². The molecule has 0 radical (unpaired) electrons. The molecule has 10 heteroatoms. The van der Waals surface area contributed by atoms with Gasteiger partial charge in [0.25, 0.3) is 17.4 Å². The number of benzene rings is 2.